The van der Waals surface area contributed by atoms with Crippen molar-refractivity contribution < 1.29 is 9.47 Å². The lowest BCUT2D eigenvalue weighted by atomic mass is 10.1. The smallest absolute Gasteiger partial charge is 0.0804 e. The summed E-state index contributed by atoms with van der Waals surface area (Å²) < 4.78 is 10.6. The largest absolute Gasteiger partial charge is 0.379 e. The van der Waals surface area contributed by atoms with Gasteiger partial charge in [-0.05, 0) is 12.8 Å². The van der Waals surface area contributed by atoms with Gasteiger partial charge in [-0.15, -0.1) is 0 Å². The highest BCUT2D eigenvalue weighted by Crippen LogP contribution is 2.10. The maximum atomic E-state index is 5.35. The Kier molecular flexibility index (Phi) is 3.76. The second kappa shape index (κ2) is 4.69. The Labute approximate surface area is 62.5 Å². The SMILES string of the molecule is COC1CCCCCOC1. The first-order valence-electron chi connectivity index (χ1n) is 4.04. The summed E-state index contributed by atoms with van der Waals surface area (Å²) in [4.78, 5) is 0. The molecule has 1 unspecified atom stereocenters. The summed E-state index contributed by atoms with van der Waals surface area (Å²) in [6.45, 7) is 1.70. The zero-order valence-corrected chi connectivity index (χ0v) is 6.64. The molecule has 2 heteroatoms. The lowest BCUT2D eigenvalue weighted by Gasteiger charge is -2.17. The van der Waals surface area contributed by atoms with Crippen LogP contribution in [0.4, 0.5) is 0 Å². The number of hydrogen-bond acceptors (Lipinski definition) is 2. The Morgan fingerprint density at radius 1 is 1.30 bits per heavy atom. The van der Waals surface area contributed by atoms with Crippen molar-refractivity contribution in [2.24, 2.45) is 0 Å². The molecule has 1 fully saturated rings. The zero-order valence-electron chi connectivity index (χ0n) is 6.64. The fourth-order valence-corrected chi connectivity index (χ4v) is 1.24. The van der Waals surface area contributed by atoms with Gasteiger partial charge in [-0.25, -0.2) is 0 Å². The van der Waals surface area contributed by atoms with Gasteiger partial charge in [-0.1, -0.05) is 12.8 Å². The molecule has 0 aromatic rings. The molecule has 1 aliphatic rings. The summed E-state index contributed by atoms with van der Waals surface area (Å²) in [5.41, 5.74) is 0. The van der Waals surface area contributed by atoms with Crippen molar-refractivity contribution >= 4 is 0 Å². The van der Waals surface area contributed by atoms with E-state index in [1.807, 2.05) is 0 Å². The first kappa shape index (κ1) is 8.02. The van der Waals surface area contributed by atoms with Crippen molar-refractivity contribution in [3.05, 3.63) is 0 Å². The molecule has 1 aliphatic heterocycles. The van der Waals surface area contributed by atoms with Crippen molar-refractivity contribution in [2.45, 2.75) is 31.8 Å². The van der Waals surface area contributed by atoms with E-state index in [0.717, 1.165) is 19.6 Å². The second-order valence-corrected chi connectivity index (χ2v) is 2.78. The third kappa shape index (κ3) is 2.67. The first-order chi connectivity index (χ1) is 4.93. The van der Waals surface area contributed by atoms with Crippen LogP contribution in [0.2, 0.25) is 0 Å². The molecule has 0 amide bonds. The molecule has 0 N–H and O–H groups in total. The molecular weight excluding hydrogens is 128 g/mol. The van der Waals surface area contributed by atoms with E-state index in [1.54, 1.807) is 7.11 Å². The Bertz CT molecular complexity index is 75.3. The summed E-state index contributed by atoms with van der Waals surface area (Å²) in [5.74, 6) is 0. The number of hydrogen-bond donors (Lipinski definition) is 0. The normalized spacial score (nSPS) is 29.1. The minimum absolute atomic E-state index is 0.347. The minimum Gasteiger partial charge on any atom is -0.379 e. The van der Waals surface area contributed by atoms with E-state index in [0.29, 0.717) is 6.10 Å². The second-order valence-electron chi connectivity index (χ2n) is 2.78. The van der Waals surface area contributed by atoms with E-state index < -0.39 is 0 Å². The topological polar surface area (TPSA) is 18.5 Å². The maximum absolute atomic E-state index is 5.35. The fourth-order valence-electron chi connectivity index (χ4n) is 1.24. The monoisotopic (exact) mass is 144 g/mol. The predicted octanol–water partition coefficient (Wildman–Crippen LogP) is 1.59. The minimum atomic E-state index is 0.347. The molecule has 1 heterocycles. The molecule has 0 aromatic carbocycles. The van der Waals surface area contributed by atoms with Gasteiger partial charge in [0.2, 0.25) is 0 Å². The van der Waals surface area contributed by atoms with E-state index in [1.165, 1.54) is 19.3 Å². The van der Waals surface area contributed by atoms with Crippen LogP contribution in [-0.2, 0) is 9.47 Å². The molecule has 60 valence electrons. The van der Waals surface area contributed by atoms with Crippen molar-refractivity contribution in [1.82, 2.24) is 0 Å². The van der Waals surface area contributed by atoms with E-state index in [-0.39, 0.29) is 0 Å². The van der Waals surface area contributed by atoms with Crippen LogP contribution in [0.25, 0.3) is 0 Å². The van der Waals surface area contributed by atoms with Crippen LogP contribution in [0, 0.1) is 0 Å². The van der Waals surface area contributed by atoms with Crippen LogP contribution < -0.4 is 0 Å². The van der Waals surface area contributed by atoms with Crippen LogP contribution in [0.1, 0.15) is 25.7 Å². The van der Waals surface area contributed by atoms with Crippen LogP contribution in [0.15, 0.2) is 0 Å². The Hall–Kier alpha value is -0.0800. The Morgan fingerprint density at radius 3 is 3.00 bits per heavy atom. The lowest BCUT2D eigenvalue weighted by Crippen LogP contribution is -2.20. The van der Waals surface area contributed by atoms with Crippen LogP contribution in [0.3, 0.4) is 0 Å². The zero-order chi connectivity index (χ0) is 7.23. The summed E-state index contributed by atoms with van der Waals surface area (Å²) in [6.07, 6.45) is 5.31. The van der Waals surface area contributed by atoms with Gasteiger partial charge in [0.15, 0.2) is 0 Å². The van der Waals surface area contributed by atoms with Gasteiger partial charge in [0.25, 0.3) is 0 Å². The number of methoxy groups -OCH3 is 1. The molecule has 0 radical (unpaired) electrons. The van der Waals surface area contributed by atoms with Gasteiger partial charge in [0.05, 0.1) is 12.7 Å². The highest BCUT2D eigenvalue weighted by molar-refractivity contribution is 4.59. The van der Waals surface area contributed by atoms with Gasteiger partial charge in [0, 0.05) is 13.7 Å². The van der Waals surface area contributed by atoms with Gasteiger partial charge >= 0.3 is 0 Å². The molecule has 0 aliphatic carbocycles. The molecule has 1 rings (SSSR count). The van der Waals surface area contributed by atoms with Crippen molar-refractivity contribution in [3.63, 3.8) is 0 Å². The van der Waals surface area contributed by atoms with Gasteiger partial charge in [0.1, 0.15) is 0 Å². The molecule has 1 atom stereocenters. The van der Waals surface area contributed by atoms with E-state index in [2.05, 4.69) is 0 Å². The fraction of sp³-hybridized carbons (Fsp3) is 1.00. The van der Waals surface area contributed by atoms with Crippen molar-refractivity contribution in [3.8, 4) is 0 Å². The average molecular weight is 144 g/mol. The molecule has 0 saturated carbocycles. The summed E-state index contributed by atoms with van der Waals surface area (Å²) in [5, 5.41) is 0. The van der Waals surface area contributed by atoms with Crippen LogP contribution in [-0.4, -0.2) is 26.4 Å². The average Bonchev–Trinajstić information content (AvgIpc) is 1.87. The van der Waals surface area contributed by atoms with Gasteiger partial charge < -0.3 is 9.47 Å². The molecule has 0 spiro atoms. The Morgan fingerprint density at radius 2 is 2.20 bits per heavy atom. The van der Waals surface area contributed by atoms with Gasteiger partial charge in [-0.2, -0.15) is 0 Å². The molecule has 0 aromatic heterocycles. The highest BCUT2D eigenvalue weighted by atomic mass is 16.5. The molecule has 10 heavy (non-hydrogen) atoms. The molecule has 1 saturated heterocycles. The number of ether oxygens (including phenoxy) is 2. The Balaban J connectivity index is 2.16. The third-order valence-corrected chi connectivity index (χ3v) is 1.95. The molecule has 0 bridgehead atoms. The van der Waals surface area contributed by atoms with E-state index in [9.17, 15) is 0 Å². The summed E-state index contributed by atoms with van der Waals surface area (Å²) in [7, 11) is 1.76. The van der Waals surface area contributed by atoms with Crippen LogP contribution in [0.5, 0.6) is 0 Å². The summed E-state index contributed by atoms with van der Waals surface area (Å²) >= 11 is 0. The maximum Gasteiger partial charge on any atom is 0.0804 e. The lowest BCUT2D eigenvalue weighted by molar-refractivity contribution is -0.00605. The molecule has 2 nitrogen and oxygen atoms in total. The van der Waals surface area contributed by atoms with E-state index in [4.69, 9.17) is 9.47 Å². The highest BCUT2D eigenvalue weighted by Gasteiger charge is 2.09. The van der Waals surface area contributed by atoms with Crippen molar-refractivity contribution in [1.29, 1.82) is 0 Å². The quantitative estimate of drug-likeness (QED) is 0.556. The number of rotatable bonds is 1. The summed E-state index contributed by atoms with van der Waals surface area (Å²) in [6, 6.07) is 0. The molecular formula is C8H16O2. The predicted molar refractivity (Wildman–Crippen MR) is 40.1 cm³/mol. The van der Waals surface area contributed by atoms with Gasteiger partial charge in [-0.3, -0.25) is 0 Å². The third-order valence-electron chi connectivity index (χ3n) is 1.95. The van der Waals surface area contributed by atoms with E-state index >= 15 is 0 Å². The first-order valence-corrected chi connectivity index (χ1v) is 4.04. The standard InChI is InChI=1S/C8H16O2/c1-9-8-5-3-2-4-6-10-7-8/h8H,2-7H2,1H3. The van der Waals surface area contributed by atoms with Crippen molar-refractivity contribution in [2.75, 3.05) is 20.3 Å². The van der Waals surface area contributed by atoms with Crippen LogP contribution >= 0.6 is 0 Å².